The van der Waals surface area contributed by atoms with Gasteiger partial charge in [-0.3, -0.25) is 0 Å². The van der Waals surface area contributed by atoms with Crippen molar-refractivity contribution in [3.63, 3.8) is 0 Å². The lowest BCUT2D eigenvalue weighted by Gasteiger charge is -2.18. The maximum atomic E-state index is 5.90. The Labute approximate surface area is 108 Å². The second-order valence-corrected chi connectivity index (χ2v) is 5.31. The minimum atomic E-state index is 0.464. The fourth-order valence-electron chi connectivity index (χ4n) is 3.06. The number of rotatable bonds is 3. The first-order valence-electron chi connectivity index (χ1n) is 6.82. The highest BCUT2D eigenvalue weighted by molar-refractivity contribution is 5.61. The standard InChI is InChI=1S/C15H21NO2/c1-9(16-3)8-13-12-5-7-17-14(12)10(2)11-4-6-18-15(11)13/h9,16H,4-8H2,1-3H3. The quantitative estimate of drug-likeness (QED) is 0.886. The van der Waals surface area contributed by atoms with Gasteiger partial charge in [-0.1, -0.05) is 0 Å². The van der Waals surface area contributed by atoms with Gasteiger partial charge in [0.2, 0.25) is 0 Å². The number of fused-ring (bicyclic) bond motifs is 2. The molecule has 0 saturated heterocycles. The summed E-state index contributed by atoms with van der Waals surface area (Å²) >= 11 is 0. The smallest absolute Gasteiger partial charge is 0.126 e. The van der Waals surface area contributed by atoms with E-state index in [1.54, 1.807) is 0 Å². The van der Waals surface area contributed by atoms with Gasteiger partial charge >= 0.3 is 0 Å². The first kappa shape index (κ1) is 11.8. The Morgan fingerprint density at radius 2 is 1.78 bits per heavy atom. The van der Waals surface area contributed by atoms with Gasteiger partial charge in [0.05, 0.1) is 13.2 Å². The molecule has 3 heteroatoms. The first-order chi connectivity index (χ1) is 8.72. The molecule has 0 radical (unpaired) electrons. The molecule has 1 aromatic carbocycles. The number of benzene rings is 1. The van der Waals surface area contributed by atoms with E-state index in [1.165, 1.54) is 22.3 Å². The molecule has 3 rings (SSSR count). The molecule has 0 aromatic heterocycles. The zero-order valence-electron chi connectivity index (χ0n) is 11.4. The topological polar surface area (TPSA) is 30.5 Å². The summed E-state index contributed by atoms with van der Waals surface area (Å²) in [5.74, 6) is 2.29. The molecule has 0 saturated carbocycles. The van der Waals surface area contributed by atoms with Gasteiger partial charge in [-0.05, 0) is 32.9 Å². The van der Waals surface area contributed by atoms with Crippen LogP contribution in [0.5, 0.6) is 11.5 Å². The molecular weight excluding hydrogens is 226 g/mol. The predicted octanol–water partition coefficient (Wildman–Crippen LogP) is 2.02. The third-order valence-corrected chi connectivity index (χ3v) is 4.18. The average Bonchev–Trinajstić information content (AvgIpc) is 3.02. The fraction of sp³-hybridized carbons (Fsp3) is 0.600. The maximum Gasteiger partial charge on any atom is 0.126 e. The lowest BCUT2D eigenvalue weighted by molar-refractivity contribution is 0.351. The van der Waals surface area contributed by atoms with Crippen molar-refractivity contribution in [1.29, 1.82) is 0 Å². The van der Waals surface area contributed by atoms with Crippen LogP contribution in [0.15, 0.2) is 0 Å². The summed E-state index contributed by atoms with van der Waals surface area (Å²) in [7, 11) is 2.01. The van der Waals surface area contributed by atoms with Gasteiger partial charge < -0.3 is 14.8 Å². The van der Waals surface area contributed by atoms with E-state index in [0.717, 1.165) is 44.0 Å². The number of nitrogens with one attached hydrogen (secondary N) is 1. The Morgan fingerprint density at radius 3 is 2.50 bits per heavy atom. The average molecular weight is 247 g/mol. The first-order valence-corrected chi connectivity index (χ1v) is 6.82. The van der Waals surface area contributed by atoms with Gasteiger partial charge in [-0.2, -0.15) is 0 Å². The van der Waals surface area contributed by atoms with Crippen molar-refractivity contribution in [2.24, 2.45) is 0 Å². The summed E-state index contributed by atoms with van der Waals surface area (Å²) in [6.45, 7) is 6.02. The Balaban J connectivity index is 2.12. The van der Waals surface area contributed by atoms with Crippen LogP contribution in [0.1, 0.15) is 29.2 Å². The van der Waals surface area contributed by atoms with Crippen molar-refractivity contribution in [2.75, 3.05) is 20.3 Å². The van der Waals surface area contributed by atoms with E-state index in [4.69, 9.17) is 9.47 Å². The van der Waals surface area contributed by atoms with Crippen LogP contribution in [0.25, 0.3) is 0 Å². The Morgan fingerprint density at radius 1 is 1.11 bits per heavy atom. The molecule has 1 N–H and O–H groups in total. The van der Waals surface area contributed by atoms with E-state index in [2.05, 4.69) is 19.2 Å². The zero-order chi connectivity index (χ0) is 12.7. The maximum absolute atomic E-state index is 5.90. The summed E-state index contributed by atoms with van der Waals surface area (Å²) in [6.07, 6.45) is 3.07. The summed E-state index contributed by atoms with van der Waals surface area (Å²) in [5.41, 5.74) is 5.43. The van der Waals surface area contributed by atoms with Crippen LogP contribution in [0.2, 0.25) is 0 Å². The Hall–Kier alpha value is -1.22. The van der Waals surface area contributed by atoms with Crippen molar-refractivity contribution >= 4 is 0 Å². The molecule has 0 spiro atoms. The molecule has 0 amide bonds. The third-order valence-electron chi connectivity index (χ3n) is 4.18. The van der Waals surface area contributed by atoms with E-state index in [-0.39, 0.29) is 0 Å². The number of ether oxygens (including phenoxy) is 2. The molecule has 98 valence electrons. The van der Waals surface area contributed by atoms with Gasteiger partial charge in [-0.15, -0.1) is 0 Å². The summed E-state index contributed by atoms with van der Waals surface area (Å²) in [5, 5.41) is 3.31. The van der Waals surface area contributed by atoms with Crippen LogP contribution in [0.4, 0.5) is 0 Å². The largest absolute Gasteiger partial charge is 0.493 e. The second kappa shape index (κ2) is 4.47. The van der Waals surface area contributed by atoms with E-state index < -0.39 is 0 Å². The molecule has 1 atom stereocenters. The van der Waals surface area contributed by atoms with Crippen LogP contribution >= 0.6 is 0 Å². The van der Waals surface area contributed by atoms with Crippen LogP contribution in [-0.2, 0) is 19.3 Å². The highest BCUT2D eigenvalue weighted by Gasteiger charge is 2.29. The van der Waals surface area contributed by atoms with Crippen LogP contribution < -0.4 is 14.8 Å². The molecule has 1 aromatic rings. The van der Waals surface area contributed by atoms with Gasteiger partial charge in [0, 0.05) is 35.6 Å². The molecule has 18 heavy (non-hydrogen) atoms. The Kier molecular flexibility index (Phi) is 2.94. The molecule has 2 aliphatic heterocycles. The minimum absolute atomic E-state index is 0.464. The predicted molar refractivity (Wildman–Crippen MR) is 71.8 cm³/mol. The highest BCUT2D eigenvalue weighted by Crippen LogP contribution is 2.44. The van der Waals surface area contributed by atoms with Crippen LogP contribution in [0.3, 0.4) is 0 Å². The Bertz CT molecular complexity index is 447. The van der Waals surface area contributed by atoms with Crippen molar-refractivity contribution in [3.05, 3.63) is 22.3 Å². The van der Waals surface area contributed by atoms with E-state index >= 15 is 0 Å². The van der Waals surface area contributed by atoms with Crippen molar-refractivity contribution in [2.45, 2.75) is 39.2 Å². The SMILES string of the molecule is CNC(C)Cc1c2c(c(C)c3c1OCC3)OCC2. The molecule has 1 unspecified atom stereocenters. The molecule has 0 bridgehead atoms. The van der Waals surface area contributed by atoms with Crippen LogP contribution in [0, 0.1) is 6.92 Å². The molecule has 0 fully saturated rings. The minimum Gasteiger partial charge on any atom is -0.493 e. The summed E-state index contributed by atoms with van der Waals surface area (Å²) < 4.78 is 11.7. The monoisotopic (exact) mass is 247 g/mol. The molecule has 2 aliphatic rings. The zero-order valence-corrected chi connectivity index (χ0v) is 11.4. The van der Waals surface area contributed by atoms with Crippen molar-refractivity contribution in [3.8, 4) is 11.5 Å². The summed E-state index contributed by atoms with van der Waals surface area (Å²) in [4.78, 5) is 0. The second-order valence-electron chi connectivity index (χ2n) is 5.31. The molecule has 2 heterocycles. The lowest BCUT2D eigenvalue weighted by Crippen LogP contribution is -2.24. The fourth-order valence-corrected chi connectivity index (χ4v) is 3.06. The number of likely N-dealkylation sites (N-methyl/N-ethyl adjacent to an activating group) is 1. The molecule has 3 nitrogen and oxygen atoms in total. The van der Waals surface area contributed by atoms with E-state index in [1.807, 2.05) is 7.05 Å². The van der Waals surface area contributed by atoms with Gasteiger partial charge in [0.15, 0.2) is 0 Å². The van der Waals surface area contributed by atoms with Gasteiger partial charge in [0.25, 0.3) is 0 Å². The molecular formula is C15H21NO2. The number of hydrogen-bond acceptors (Lipinski definition) is 3. The van der Waals surface area contributed by atoms with Crippen molar-refractivity contribution < 1.29 is 9.47 Å². The van der Waals surface area contributed by atoms with E-state index in [9.17, 15) is 0 Å². The lowest BCUT2D eigenvalue weighted by atomic mass is 9.91. The molecule has 0 aliphatic carbocycles. The van der Waals surface area contributed by atoms with Gasteiger partial charge in [-0.25, -0.2) is 0 Å². The normalized spacial score (nSPS) is 17.9. The van der Waals surface area contributed by atoms with Crippen LogP contribution in [-0.4, -0.2) is 26.3 Å². The van der Waals surface area contributed by atoms with Gasteiger partial charge in [0.1, 0.15) is 11.5 Å². The highest BCUT2D eigenvalue weighted by atomic mass is 16.5. The van der Waals surface area contributed by atoms with E-state index in [0.29, 0.717) is 6.04 Å². The summed E-state index contributed by atoms with van der Waals surface area (Å²) in [6, 6.07) is 0.464. The number of hydrogen-bond donors (Lipinski definition) is 1. The third kappa shape index (κ3) is 1.69. The van der Waals surface area contributed by atoms with Crippen molar-refractivity contribution in [1.82, 2.24) is 5.32 Å².